The van der Waals surface area contributed by atoms with Crippen molar-refractivity contribution in [1.82, 2.24) is 5.32 Å². The number of halogens is 3. The third-order valence-corrected chi connectivity index (χ3v) is 5.95. The lowest BCUT2D eigenvalue weighted by molar-refractivity contribution is -0.154. The number of nitriles is 1. The molecule has 37 heavy (non-hydrogen) atoms. The maximum atomic E-state index is 13.0. The molecule has 2 aliphatic heterocycles. The normalized spacial score (nSPS) is 16.9. The topological polar surface area (TPSA) is 115 Å². The Kier molecular flexibility index (Phi) is 6.54. The van der Waals surface area contributed by atoms with Gasteiger partial charge in [-0.05, 0) is 50.6 Å². The zero-order chi connectivity index (χ0) is 27.1. The first-order valence-electron chi connectivity index (χ1n) is 11.5. The summed E-state index contributed by atoms with van der Waals surface area (Å²) in [6, 6.07) is 9.33. The van der Waals surface area contributed by atoms with Crippen LogP contribution in [-0.2, 0) is 20.5 Å². The molecule has 0 aromatic heterocycles. The van der Waals surface area contributed by atoms with Crippen molar-refractivity contribution in [1.29, 1.82) is 5.26 Å². The molecule has 2 aromatic carbocycles. The van der Waals surface area contributed by atoms with Crippen LogP contribution in [0.1, 0.15) is 49.1 Å². The Morgan fingerprint density at radius 3 is 2.46 bits per heavy atom. The first-order chi connectivity index (χ1) is 17.3. The third kappa shape index (κ3) is 5.33. The number of carbonyl (C=O) groups excluding carboxylic acids is 2. The van der Waals surface area contributed by atoms with E-state index in [0.29, 0.717) is 22.5 Å². The predicted molar refractivity (Wildman–Crippen MR) is 130 cm³/mol. The van der Waals surface area contributed by atoms with Gasteiger partial charge >= 0.3 is 12.1 Å². The maximum absolute atomic E-state index is 13.0. The largest absolute Gasteiger partial charge is 0.507 e. The fourth-order valence-corrected chi connectivity index (χ4v) is 4.36. The van der Waals surface area contributed by atoms with Gasteiger partial charge in [0.15, 0.2) is 0 Å². The lowest BCUT2D eigenvalue weighted by Crippen LogP contribution is -2.44. The van der Waals surface area contributed by atoms with E-state index in [9.17, 15) is 33.1 Å². The molecule has 0 saturated heterocycles. The van der Waals surface area contributed by atoms with Crippen molar-refractivity contribution in [3.05, 3.63) is 64.2 Å². The number of nitrogens with one attached hydrogen (secondary N) is 2. The van der Waals surface area contributed by atoms with Crippen molar-refractivity contribution in [2.45, 2.75) is 38.6 Å². The molecular formula is C26H25F3N4O4. The Hall–Kier alpha value is -4.20. The van der Waals surface area contributed by atoms with Gasteiger partial charge in [0.25, 0.3) is 5.91 Å². The number of alkyl halides is 3. The van der Waals surface area contributed by atoms with E-state index in [0.717, 1.165) is 12.1 Å². The molecule has 2 aromatic rings. The zero-order valence-corrected chi connectivity index (χ0v) is 20.4. The van der Waals surface area contributed by atoms with E-state index < -0.39 is 41.8 Å². The number of esters is 1. The number of aliphatic hydroxyl groups excluding tert-OH is 1. The van der Waals surface area contributed by atoms with E-state index in [-0.39, 0.29) is 30.0 Å². The minimum Gasteiger partial charge on any atom is -0.507 e. The fraction of sp³-hybridized carbons (Fsp3) is 0.346. The molecule has 2 aliphatic rings. The van der Waals surface area contributed by atoms with Crippen molar-refractivity contribution in [2.24, 2.45) is 0 Å². The van der Waals surface area contributed by atoms with Crippen LogP contribution in [0.25, 0.3) is 5.76 Å². The molecule has 0 radical (unpaired) electrons. The Balaban J connectivity index is 1.63. The van der Waals surface area contributed by atoms with Crippen molar-refractivity contribution < 1.29 is 32.6 Å². The summed E-state index contributed by atoms with van der Waals surface area (Å²) in [7, 11) is 0. The van der Waals surface area contributed by atoms with Crippen molar-refractivity contribution >= 4 is 29.0 Å². The van der Waals surface area contributed by atoms with Gasteiger partial charge in [-0.25, -0.2) is 0 Å². The molecule has 1 atom stereocenters. The summed E-state index contributed by atoms with van der Waals surface area (Å²) < 4.78 is 44.3. The number of benzene rings is 2. The van der Waals surface area contributed by atoms with Crippen molar-refractivity contribution in [3.8, 4) is 6.07 Å². The average molecular weight is 515 g/mol. The van der Waals surface area contributed by atoms with Gasteiger partial charge in [-0.15, -0.1) is 0 Å². The second-order valence-corrected chi connectivity index (χ2v) is 9.79. The summed E-state index contributed by atoms with van der Waals surface area (Å²) in [5, 5.41) is 26.2. The van der Waals surface area contributed by atoms with Gasteiger partial charge in [-0.2, -0.15) is 18.4 Å². The third-order valence-electron chi connectivity index (χ3n) is 5.95. The second kappa shape index (κ2) is 9.35. The number of nitrogens with zero attached hydrogens (tertiary/aromatic N) is 2. The van der Waals surface area contributed by atoms with E-state index in [4.69, 9.17) is 4.74 Å². The summed E-state index contributed by atoms with van der Waals surface area (Å²) in [6.07, 6.45) is -4.47. The Labute approximate surface area is 211 Å². The van der Waals surface area contributed by atoms with Gasteiger partial charge in [0.1, 0.15) is 24.0 Å². The van der Waals surface area contributed by atoms with Crippen LogP contribution in [0.3, 0.4) is 0 Å². The van der Waals surface area contributed by atoms with Gasteiger partial charge in [-0.3, -0.25) is 9.59 Å². The molecule has 4 rings (SSSR count). The lowest BCUT2D eigenvalue weighted by Gasteiger charge is -2.41. The summed E-state index contributed by atoms with van der Waals surface area (Å²) in [6.45, 7) is 4.90. The van der Waals surface area contributed by atoms with Crippen LogP contribution in [0.5, 0.6) is 0 Å². The smallest absolute Gasteiger partial charge is 0.416 e. The van der Waals surface area contributed by atoms with Crippen LogP contribution in [0, 0.1) is 11.3 Å². The number of hydrogen-bond donors (Lipinski definition) is 3. The number of hydrogen-bond acceptors (Lipinski definition) is 7. The molecule has 2 heterocycles. The molecule has 0 saturated carbocycles. The summed E-state index contributed by atoms with van der Waals surface area (Å²) in [4.78, 5) is 26.7. The number of aliphatic hydroxyl groups is 1. The van der Waals surface area contributed by atoms with Crippen LogP contribution < -0.4 is 15.5 Å². The van der Waals surface area contributed by atoms with Gasteiger partial charge in [0, 0.05) is 12.1 Å². The molecule has 8 nitrogen and oxygen atoms in total. The molecule has 1 unspecified atom stereocenters. The highest BCUT2D eigenvalue weighted by Gasteiger charge is 2.37. The Morgan fingerprint density at radius 1 is 1.19 bits per heavy atom. The first kappa shape index (κ1) is 25.9. The number of rotatable bonds is 4. The molecule has 11 heteroatoms. The zero-order valence-electron chi connectivity index (χ0n) is 20.4. The van der Waals surface area contributed by atoms with E-state index in [1.807, 2.05) is 0 Å². The quantitative estimate of drug-likeness (QED) is 0.522. The van der Waals surface area contributed by atoms with Crippen LogP contribution in [0.2, 0.25) is 0 Å². The highest BCUT2D eigenvalue weighted by molar-refractivity contribution is 6.06. The number of carbonyl (C=O) groups is 2. The van der Waals surface area contributed by atoms with Gasteiger partial charge in [-0.1, -0.05) is 12.1 Å². The molecule has 194 valence electrons. The first-order valence-corrected chi connectivity index (χ1v) is 11.5. The average Bonchev–Trinajstić information content (AvgIpc) is 2.82. The number of amides is 1. The molecule has 0 spiro atoms. The van der Waals surface area contributed by atoms with Crippen molar-refractivity contribution in [3.63, 3.8) is 0 Å². The Bertz CT molecular complexity index is 1320. The molecule has 0 aliphatic carbocycles. The Morgan fingerprint density at radius 2 is 1.86 bits per heavy atom. The second-order valence-electron chi connectivity index (χ2n) is 9.79. The summed E-state index contributed by atoms with van der Waals surface area (Å²) in [5.74, 6) is -1.58. The standard InChI is InChI=1S/C26H25F3N4O4/c1-25(2,3)37-20(34)11-31-24(36)18-12-33-13-19(14-4-7-16(8-5-14)26(27,28)29)32-21-15(10-30)6-9-17(22(21)33)23(18)35/h4-9,19,32,35H,11-13H2,1-3H3,(H,31,36). The van der Waals surface area contributed by atoms with E-state index in [1.54, 1.807) is 25.7 Å². The van der Waals surface area contributed by atoms with Gasteiger partial charge in [0.2, 0.25) is 0 Å². The highest BCUT2D eigenvalue weighted by atomic mass is 19.4. The van der Waals surface area contributed by atoms with E-state index >= 15 is 0 Å². The molecule has 1 amide bonds. The van der Waals surface area contributed by atoms with Crippen LogP contribution in [0.4, 0.5) is 24.5 Å². The van der Waals surface area contributed by atoms with Gasteiger partial charge in [0.05, 0.1) is 40.7 Å². The summed E-state index contributed by atoms with van der Waals surface area (Å²) in [5.41, 5.74) is 0.603. The SMILES string of the molecule is CC(C)(C)OC(=O)CNC(=O)C1=C(O)c2ccc(C#N)c3c2N(C1)CC(c1ccc(C(F)(F)F)cc1)N3. The van der Waals surface area contributed by atoms with E-state index in [2.05, 4.69) is 16.7 Å². The lowest BCUT2D eigenvalue weighted by atomic mass is 9.92. The van der Waals surface area contributed by atoms with E-state index in [1.165, 1.54) is 24.3 Å². The molecule has 0 bridgehead atoms. The molecule has 0 fully saturated rings. The maximum Gasteiger partial charge on any atom is 0.416 e. The summed E-state index contributed by atoms with van der Waals surface area (Å²) >= 11 is 0. The predicted octanol–water partition coefficient (Wildman–Crippen LogP) is 4.29. The van der Waals surface area contributed by atoms with Crippen LogP contribution in [-0.4, -0.2) is 42.2 Å². The van der Waals surface area contributed by atoms with Crippen LogP contribution >= 0.6 is 0 Å². The molecular weight excluding hydrogens is 489 g/mol. The number of ether oxygens (including phenoxy) is 1. The number of anilines is 2. The highest BCUT2D eigenvalue weighted by Crippen LogP contribution is 2.46. The van der Waals surface area contributed by atoms with Gasteiger partial charge < -0.3 is 25.4 Å². The monoisotopic (exact) mass is 514 g/mol. The minimum atomic E-state index is -4.47. The molecule has 3 N–H and O–H groups in total. The fourth-order valence-electron chi connectivity index (χ4n) is 4.36. The van der Waals surface area contributed by atoms with Crippen molar-refractivity contribution in [2.75, 3.05) is 29.9 Å². The minimum absolute atomic E-state index is 0.0137. The van der Waals surface area contributed by atoms with Crippen LogP contribution in [0.15, 0.2) is 42.0 Å².